The molecule has 0 atom stereocenters. The van der Waals surface area contributed by atoms with E-state index in [1.165, 1.54) is 4.70 Å². The summed E-state index contributed by atoms with van der Waals surface area (Å²) in [5.41, 5.74) is 7.30. The summed E-state index contributed by atoms with van der Waals surface area (Å²) in [5, 5.41) is 1.09. The number of carbonyl (C=O) groups excluding carboxylic acids is 2. The number of hydrogen-bond donors (Lipinski definition) is 2. The quantitative estimate of drug-likeness (QED) is 0.348. The van der Waals surface area contributed by atoms with Crippen molar-refractivity contribution < 1.29 is 9.59 Å². The molecule has 2 aromatic carbocycles. The molecule has 4 rings (SSSR count). The Bertz CT molecular complexity index is 1120. The van der Waals surface area contributed by atoms with Crippen LogP contribution in [0.4, 0.5) is 0 Å². The summed E-state index contributed by atoms with van der Waals surface area (Å²) >= 11 is 1.70. The van der Waals surface area contributed by atoms with Crippen molar-refractivity contribution in [1.29, 1.82) is 0 Å². The van der Waals surface area contributed by atoms with E-state index in [-0.39, 0.29) is 11.8 Å². The predicted molar refractivity (Wildman–Crippen MR) is 119 cm³/mol. The Morgan fingerprint density at radius 3 is 2.50 bits per heavy atom. The summed E-state index contributed by atoms with van der Waals surface area (Å²) < 4.78 is 3.05. The lowest BCUT2D eigenvalue weighted by molar-refractivity contribution is -0.121. The SMILES string of the molecule is O=C(CCCCc1nc2ccccc2s1)NNC(=O)c1ccccc1-n1cccc1. The normalized spacial score (nSPS) is 10.8. The van der Waals surface area contributed by atoms with Crippen LogP contribution in [-0.4, -0.2) is 21.4 Å². The maximum absolute atomic E-state index is 12.5. The first-order valence-corrected chi connectivity index (χ1v) is 10.7. The summed E-state index contributed by atoms with van der Waals surface area (Å²) in [5.74, 6) is -0.548. The standard InChI is InChI=1S/C23H22N4O2S/c28-21(13-5-6-14-22-24-18-10-2-4-12-20(18)30-22)25-26-23(29)17-9-1-3-11-19(17)27-15-7-8-16-27/h1-4,7-12,15-16H,5-6,13-14H2,(H,25,28)(H,26,29). The van der Waals surface area contributed by atoms with Crippen LogP contribution in [0.1, 0.15) is 34.6 Å². The van der Waals surface area contributed by atoms with Crippen molar-refractivity contribution in [2.45, 2.75) is 25.7 Å². The number of rotatable bonds is 7. The van der Waals surface area contributed by atoms with Gasteiger partial charge in [-0.2, -0.15) is 0 Å². The second-order valence-corrected chi connectivity index (χ2v) is 8.01. The predicted octanol–water partition coefficient (Wildman–Crippen LogP) is 4.26. The van der Waals surface area contributed by atoms with Crippen molar-refractivity contribution in [3.8, 4) is 5.69 Å². The van der Waals surface area contributed by atoms with Crippen molar-refractivity contribution in [3.63, 3.8) is 0 Å². The summed E-state index contributed by atoms with van der Waals surface area (Å²) in [6, 6.07) is 19.1. The smallest absolute Gasteiger partial charge is 0.271 e. The maximum Gasteiger partial charge on any atom is 0.271 e. The molecule has 0 unspecified atom stereocenters. The molecule has 0 aliphatic carbocycles. The number of para-hydroxylation sites is 2. The van der Waals surface area contributed by atoms with Gasteiger partial charge in [-0.15, -0.1) is 11.3 Å². The average Bonchev–Trinajstić information content (AvgIpc) is 3.44. The molecule has 0 aliphatic rings. The minimum absolute atomic E-state index is 0.203. The lowest BCUT2D eigenvalue weighted by Gasteiger charge is -2.11. The number of amides is 2. The number of aryl methyl sites for hydroxylation is 1. The van der Waals surface area contributed by atoms with Gasteiger partial charge in [0.05, 0.1) is 26.5 Å². The molecule has 6 nitrogen and oxygen atoms in total. The fraction of sp³-hybridized carbons (Fsp3) is 0.174. The monoisotopic (exact) mass is 418 g/mol. The zero-order valence-corrected chi connectivity index (χ0v) is 17.2. The summed E-state index contributed by atoms with van der Waals surface area (Å²) in [6.07, 6.45) is 6.55. The summed E-state index contributed by atoms with van der Waals surface area (Å²) in [6.45, 7) is 0. The van der Waals surface area contributed by atoms with E-state index < -0.39 is 0 Å². The highest BCUT2D eigenvalue weighted by Crippen LogP contribution is 2.22. The largest absolute Gasteiger partial charge is 0.323 e. The highest BCUT2D eigenvalue weighted by molar-refractivity contribution is 7.18. The Hall–Kier alpha value is -3.45. The van der Waals surface area contributed by atoms with Gasteiger partial charge in [-0.1, -0.05) is 24.3 Å². The number of aromatic nitrogens is 2. The van der Waals surface area contributed by atoms with Crippen molar-refractivity contribution in [2.75, 3.05) is 0 Å². The molecule has 0 fully saturated rings. The molecule has 2 aromatic heterocycles. The lowest BCUT2D eigenvalue weighted by Crippen LogP contribution is -2.41. The number of carbonyl (C=O) groups is 2. The van der Waals surface area contributed by atoms with Gasteiger partial charge in [0.15, 0.2) is 0 Å². The molecule has 0 aliphatic heterocycles. The zero-order valence-electron chi connectivity index (χ0n) is 16.4. The number of hydrogen-bond acceptors (Lipinski definition) is 4. The molecular formula is C23H22N4O2S. The Kier molecular flexibility index (Phi) is 6.20. The molecule has 0 spiro atoms. The molecule has 0 saturated heterocycles. The van der Waals surface area contributed by atoms with E-state index >= 15 is 0 Å². The van der Waals surface area contributed by atoms with Gasteiger partial charge in [0.1, 0.15) is 0 Å². The molecular weight excluding hydrogens is 396 g/mol. The second kappa shape index (κ2) is 9.37. The van der Waals surface area contributed by atoms with E-state index in [0.29, 0.717) is 12.0 Å². The molecule has 0 saturated carbocycles. The summed E-state index contributed by atoms with van der Waals surface area (Å²) in [4.78, 5) is 29.2. The van der Waals surface area contributed by atoms with Crippen molar-refractivity contribution in [1.82, 2.24) is 20.4 Å². The van der Waals surface area contributed by atoms with E-state index in [1.807, 2.05) is 59.4 Å². The first kappa shape index (κ1) is 19.8. The zero-order chi connectivity index (χ0) is 20.8. The molecule has 152 valence electrons. The Labute approximate surface area is 178 Å². The van der Waals surface area contributed by atoms with Gasteiger partial charge in [0.25, 0.3) is 5.91 Å². The molecule has 0 bridgehead atoms. The van der Waals surface area contributed by atoms with Crippen LogP contribution in [0.5, 0.6) is 0 Å². The highest BCUT2D eigenvalue weighted by Gasteiger charge is 2.12. The number of nitrogens with zero attached hydrogens (tertiary/aromatic N) is 2. The van der Waals surface area contributed by atoms with Gasteiger partial charge < -0.3 is 4.57 Å². The van der Waals surface area contributed by atoms with Gasteiger partial charge in [0.2, 0.25) is 5.91 Å². The molecule has 2 heterocycles. The maximum atomic E-state index is 12.5. The summed E-state index contributed by atoms with van der Waals surface area (Å²) in [7, 11) is 0. The van der Waals surface area contributed by atoms with Crippen LogP contribution in [0.2, 0.25) is 0 Å². The van der Waals surface area contributed by atoms with Crippen molar-refractivity contribution in [2.24, 2.45) is 0 Å². The first-order valence-electron chi connectivity index (χ1n) is 9.87. The third kappa shape index (κ3) is 4.75. The van der Waals surface area contributed by atoms with Gasteiger partial charge >= 0.3 is 0 Å². The van der Waals surface area contributed by atoms with Crippen LogP contribution < -0.4 is 10.9 Å². The molecule has 2 N–H and O–H groups in total. The fourth-order valence-corrected chi connectivity index (χ4v) is 4.24. The number of unbranched alkanes of at least 4 members (excludes halogenated alkanes) is 1. The van der Waals surface area contributed by atoms with Gasteiger partial charge in [-0.25, -0.2) is 4.98 Å². The molecule has 30 heavy (non-hydrogen) atoms. The van der Waals surface area contributed by atoms with Gasteiger partial charge in [-0.05, 0) is 55.7 Å². The molecule has 0 radical (unpaired) electrons. The van der Waals surface area contributed by atoms with Crippen LogP contribution in [-0.2, 0) is 11.2 Å². The Morgan fingerprint density at radius 1 is 0.900 bits per heavy atom. The molecule has 7 heteroatoms. The minimum Gasteiger partial charge on any atom is -0.323 e. The van der Waals surface area contributed by atoms with Crippen molar-refractivity contribution in [3.05, 3.63) is 83.6 Å². The number of benzene rings is 2. The van der Waals surface area contributed by atoms with Crippen molar-refractivity contribution >= 4 is 33.4 Å². The lowest BCUT2D eigenvalue weighted by atomic mass is 10.1. The second-order valence-electron chi connectivity index (χ2n) is 6.89. The van der Waals surface area contributed by atoms with Crippen LogP contribution in [0, 0.1) is 0 Å². The number of nitrogens with one attached hydrogen (secondary N) is 2. The van der Waals surface area contributed by atoms with Crippen LogP contribution in [0.25, 0.3) is 15.9 Å². The molecule has 2 amide bonds. The average molecular weight is 419 g/mol. The first-order chi connectivity index (χ1) is 14.7. The number of fused-ring (bicyclic) bond motifs is 1. The number of thiazole rings is 1. The minimum atomic E-state index is -0.345. The Morgan fingerprint density at radius 2 is 1.67 bits per heavy atom. The Balaban J connectivity index is 1.23. The van der Waals surface area contributed by atoms with Crippen LogP contribution in [0.3, 0.4) is 0 Å². The van der Waals surface area contributed by atoms with E-state index in [0.717, 1.165) is 35.5 Å². The van der Waals surface area contributed by atoms with E-state index in [1.54, 1.807) is 23.5 Å². The number of hydrazine groups is 1. The highest BCUT2D eigenvalue weighted by atomic mass is 32.1. The molecule has 4 aromatic rings. The fourth-order valence-electron chi connectivity index (χ4n) is 3.23. The topological polar surface area (TPSA) is 76.0 Å². The third-order valence-corrected chi connectivity index (χ3v) is 5.83. The van der Waals surface area contributed by atoms with E-state index in [2.05, 4.69) is 21.9 Å². The van der Waals surface area contributed by atoms with E-state index in [4.69, 9.17) is 0 Å². The van der Waals surface area contributed by atoms with Crippen LogP contribution >= 0.6 is 11.3 Å². The van der Waals surface area contributed by atoms with Gasteiger partial charge in [-0.3, -0.25) is 20.4 Å². The van der Waals surface area contributed by atoms with Gasteiger partial charge in [0, 0.05) is 18.8 Å². The van der Waals surface area contributed by atoms with E-state index in [9.17, 15) is 9.59 Å². The third-order valence-electron chi connectivity index (χ3n) is 4.73. The van der Waals surface area contributed by atoms with Crippen LogP contribution in [0.15, 0.2) is 73.1 Å².